The molecule has 0 saturated heterocycles. The Bertz CT molecular complexity index is 1390. The third-order valence-electron chi connectivity index (χ3n) is 6.48. The molecule has 0 aromatic heterocycles. The van der Waals surface area contributed by atoms with Crippen molar-refractivity contribution in [1.29, 1.82) is 0 Å². The summed E-state index contributed by atoms with van der Waals surface area (Å²) in [6.07, 6.45) is 0. The first-order valence-corrected chi connectivity index (χ1v) is 10.9. The highest BCUT2D eigenvalue weighted by Crippen LogP contribution is 2.40. The molecule has 2 heterocycles. The Morgan fingerprint density at radius 2 is 0.676 bits per heavy atom. The molecule has 0 unspecified atom stereocenters. The standard InChI is InChI=1S/C28H18N2O4/c1-15-3-7-17(8-4-15)29-25(31)19-11-13-21-24-22(14-12-20(23(19)24)26(29)32)28(34)30(27(21)33)18-9-5-16(2)6-10-18/h3-14H,1-2H3. The summed E-state index contributed by atoms with van der Waals surface area (Å²) >= 11 is 0. The van der Waals surface area contributed by atoms with Crippen LogP contribution in [0, 0.1) is 13.8 Å². The molecule has 0 fully saturated rings. The molecule has 34 heavy (non-hydrogen) atoms. The van der Waals surface area contributed by atoms with Crippen LogP contribution >= 0.6 is 0 Å². The van der Waals surface area contributed by atoms with Crippen molar-refractivity contribution in [3.8, 4) is 0 Å². The highest BCUT2D eigenvalue weighted by atomic mass is 16.2. The van der Waals surface area contributed by atoms with Crippen LogP contribution in [0.4, 0.5) is 11.4 Å². The first-order chi connectivity index (χ1) is 16.4. The van der Waals surface area contributed by atoms with Gasteiger partial charge >= 0.3 is 0 Å². The van der Waals surface area contributed by atoms with Gasteiger partial charge in [0.2, 0.25) is 0 Å². The van der Waals surface area contributed by atoms with Crippen LogP contribution in [0.2, 0.25) is 0 Å². The van der Waals surface area contributed by atoms with Crippen molar-refractivity contribution in [2.24, 2.45) is 0 Å². The Hall–Kier alpha value is -4.58. The van der Waals surface area contributed by atoms with Gasteiger partial charge in [-0.1, -0.05) is 35.4 Å². The van der Waals surface area contributed by atoms with E-state index in [1.165, 1.54) is 0 Å². The lowest BCUT2D eigenvalue weighted by Crippen LogP contribution is -2.43. The second-order valence-corrected chi connectivity index (χ2v) is 8.63. The SMILES string of the molecule is Cc1ccc(N2C(=O)c3ccc4c5c(ccc(c35)C2=O)C(=O)N(c2ccc(C)cc2)C4=O)cc1. The number of hydrogen-bond donors (Lipinski definition) is 0. The average Bonchev–Trinajstić information content (AvgIpc) is 2.83. The molecule has 0 spiro atoms. The number of nitrogens with zero attached hydrogens (tertiary/aromatic N) is 2. The first-order valence-electron chi connectivity index (χ1n) is 10.9. The summed E-state index contributed by atoms with van der Waals surface area (Å²) in [5, 5.41) is 0.720. The summed E-state index contributed by atoms with van der Waals surface area (Å²) in [6.45, 7) is 3.85. The van der Waals surface area contributed by atoms with Crippen LogP contribution in [-0.2, 0) is 0 Å². The van der Waals surface area contributed by atoms with Crippen LogP contribution in [0.25, 0.3) is 10.8 Å². The zero-order valence-corrected chi connectivity index (χ0v) is 18.5. The molecule has 4 aromatic rings. The monoisotopic (exact) mass is 446 g/mol. The molecule has 0 radical (unpaired) electrons. The van der Waals surface area contributed by atoms with E-state index in [1.807, 2.05) is 38.1 Å². The molecule has 2 aliphatic heterocycles. The highest BCUT2D eigenvalue weighted by Gasteiger charge is 2.40. The Labute approximate surface area is 195 Å². The Kier molecular flexibility index (Phi) is 4.10. The van der Waals surface area contributed by atoms with Crippen LogP contribution in [0.5, 0.6) is 0 Å². The van der Waals surface area contributed by atoms with Gasteiger partial charge in [-0.25, -0.2) is 9.80 Å². The first kappa shape index (κ1) is 20.1. The summed E-state index contributed by atoms with van der Waals surface area (Å²) in [5.74, 6) is -1.92. The van der Waals surface area contributed by atoms with Crippen molar-refractivity contribution in [1.82, 2.24) is 0 Å². The van der Waals surface area contributed by atoms with Gasteiger partial charge in [-0.2, -0.15) is 0 Å². The van der Waals surface area contributed by atoms with Crippen LogP contribution in [-0.4, -0.2) is 23.6 Å². The fraction of sp³-hybridized carbons (Fsp3) is 0.0714. The van der Waals surface area contributed by atoms with Crippen molar-refractivity contribution < 1.29 is 19.2 Å². The van der Waals surface area contributed by atoms with Crippen molar-refractivity contribution in [3.05, 3.63) is 106 Å². The number of hydrogen-bond acceptors (Lipinski definition) is 4. The number of amides is 4. The summed E-state index contributed by atoms with van der Waals surface area (Å²) in [7, 11) is 0. The molecule has 164 valence electrons. The summed E-state index contributed by atoms with van der Waals surface area (Å²) in [4.78, 5) is 56.0. The van der Waals surface area contributed by atoms with E-state index < -0.39 is 23.6 Å². The number of aryl methyl sites for hydroxylation is 2. The van der Waals surface area contributed by atoms with E-state index >= 15 is 0 Å². The van der Waals surface area contributed by atoms with Gasteiger partial charge in [0, 0.05) is 33.0 Å². The van der Waals surface area contributed by atoms with Gasteiger partial charge in [-0.05, 0) is 62.4 Å². The summed E-state index contributed by atoms with van der Waals surface area (Å²) in [5.41, 5.74) is 4.12. The number of anilines is 2. The second-order valence-electron chi connectivity index (χ2n) is 8.63. The molecule has 0 atom stereocenters. The van der Waals surface area contributed by atoms with Crippen molar-refractivity contribution in [2.75, 3.05) is 9.80 Å². The smallest absolute Gasteiger partial charge is 0.265 e. The zero-order chi connectivity index (χ0) is 23.7. The topological polar surface area (TPSA) is 74.8 Å². The number of imide groups is 2. The molecule has 4 amide bonds. The Morgan fingerprint density at radius 1 is 0.412 bits per heavy atom. The van der Waals surface area contributed by atoms with Gasteiger partial charge < -0.3 is 0 Å². The van der Waals surface area contributed by atoms with Gasteiger partial charge in [0.15, 0.2) is 0 Å². The minimum absolute atomic E-state index is 0.292. The van der Waals surface area contributed by atoms with Gasteiger partial charge in [-0.15, -0.1) is 0 Å². The lowest BCUT2D eigenvalue weighted by molar-refractivity contribution is 0.0873. The van der Waals surface area contributed by atoms with Gasteiger partial charge in [0.1, 0.15) is 0 Å². The third kappa shape index (κ3) is 2.62. The third-order valence-corrected chi connectivity index (χ3v) is 6.48. The zero-order valence-electron chi connectivity index (χ0n) is 18.5. The molecular weight excluding hydrogens is 428 g/mol. The van der Waals surface area contributed by atoms with E-state index in [0.29, 0.717) is 44.4 Å². The average molecular weight is 446 g/mol. The minimum Gasteiger partial charge on any atom is -0.268 e. The normalized spacial score (nSPS) is 14.9. The van der Waals surface area contributed by atoms with Crippen LogP contribution in [0.1, 0.15) is 52.6 Å². The van der Waals surface area contributed by atoms with Gasteiger partial charge in [-0.3, -0.25) is 19.2 Å². The molecule has 0 aliphatic carbocycles. The molecule has 4 aromatic carbocycles. The molecule has 6 rings (SSSR count). The van der Waals surface area contributed by atoms with Crippen LogP contribution in [0.3, 0.4) is 0 Å². The van der Waals surface area contributed by atoms with Crippen molar-refractivity contribution >= 4 is 45.8 Å². The highest BCUT2D eigenvalue weighted by molar-refractivity contribution is 6.42. The number of carbonyl (C=O) groups is 4. The van der Waals surface area contributed by atoms with Crippen LogP contribution < -0.4 is 9.80 Å². The predicted molar refractivity (Wildman–Crippen MR) is 129 cm³/mol. The van der Waals surface area contributed by atoms with E-state index in [9.17, 15) is 19.2 Å². The maximum Gasteiger partial charge on any atom is 0.265 e. The van der Waals surface area contributed by atoms with E-state index in [0.717, 1.165) is 20.9 Å². The molecule has 0 bridgehead atoms. The predicted octanol–water partition coefficient (Wildman–Crippen LogP) is 5.06. The van der Waals surface area contributed by atoms with E-state index in [4.69, 9.17) is 0 Å². The Morgan fingerprint density at radius 3 is 0.941 bits per heavy atom. The van der Waals surface area contributed by atoms with Crippen molar-refractivity contribution in [3.63, 3.8) is 0 Å². The molecule has 2 aliphatic rings. The molecule has 0 saturated carbocycles. The maximum atomic E-state index is 13.4. The van der Waals surface area contributed by atoms with E-state index in [2.05, 4.69) is 0 Å². The van der Waals surface area contributed by atoms with Gasteiger partial charge in [0.25, 0.3) is 23.6 Å². The quantitative estimate of drug-likeness (QED) is 0.404. The summed E-state index contributed by atoms with van der Waals surface area (Å²) < 4.78 is 0. The lowest BCUT2D eigenvalue weighted by Gasteiger charge is -2.32. The fourth-order valence-electron chi connectivity index (χ4n) is 4.73. The van der Waals surface area contributed by atoms with Crippen LogP contribution in [0.15, 0.2) is 72.8 Å². The van der Waals surface area contributed by atoms with Gasteiger partial charge in [0.05, 0.1) is 11.4 Å². The van der Waals surface area contributed by atoms with E-state index in [1.54, 1.807) is 48.5 Å². The molecule has 6 nitrogen and oxygen atoms in total. The molecular formula is C28H18N2O4. The summed E-state index contributed by atoms with van der Waals surface area (Å²) in [6, 6.07) is 20.5. The maximum absolute atomic E-state index is 13.4. The van der Waals surface area contributed by atoms with Crippen molar-refractivity contribution in [2.45, 2.75) is 13.8 Å². The minimum atomic E-state index is -0.481. The Balaban J connectivity index is 1.55. The largest absolute Gasteiger partial charge is 0.268 e. The number of benzene rings is 4. The van der Waals surface area contributed by atoms with E-state index in [-0.39, 0.29) is 0 Å². The fourth-order valence-corrected chi connectivity index (χ4v) is 4.73. The molecule has 6 heteroatoms. The molecule has 0 N–H and O–H groups in total. The number of rotatable bonds is 2. The number of carbonyl (C=O) groups excluding carboxylic acids is 4. The lowest BCUT2D eigenvalue weighted by atomic mass is 9.85. The second kappa shape index (κ2) is 6.96.